The van der Waals surface area contributed by atoms with Gasteiger partial charge in [-0.15, -0.1) is 0 Å². The molecule has 1 heterocycles. The van der Waals surface area contributed by atoms with E-state index in [0.717, 1.165) is 29.9 Å². The molecule has 5 nitrogen and oxygen atoms in total. The lowest BCUT2D eigenvalue weighted by Gasteiger charge is -2.06. The number of carbonyl (C=O) groups is 1. The highest BCUT2D eigenvalue weighted by molar-refractivity contribution is 6.04. The van der Waals surface area contributed by atoms with E-state index in [9.17, 15) is 4.79 Å². The van der Waals surface area contributed by atoms with Crippen LogP contribution in [0.4, 0.5) is 5.69 Å². The quantitative estimate of drug-likeness (QED) is 0.875. The summed E-state index contributed by atoms with van der Waals surface area (Å²) >= 11 is 0. The molecule has 0 saturated carbocycles. The number of nitrogens with two attached hydrogens (primary N) is 1. The summed E-state index contributed by atoms with van der Waals surface area (Å²) in [5, 5.41) is 7.13. The van der Waals surface area contributed by atoms with Crippen molar-refractivity contribution in [1.82, 2.24) is 9.78 Å². The molecule has 0 radical (unpaired) electrons. The van der Waals surface area contributed by atoms with Crippen LogP contribution in [0.15, 0.2) is 30.5 Å². The van der Waals surface area contributed by atoms with Crippen molar-refractivity contribution < 1.29 is 4.79 Å². The summed E-state index contributed by atoms with van der Waals surface area (Å²) in [5.41, 5.74) is 8.86. The van der Waals surface area contributed by atoms with Crippen LogP contribution in [-0.2, 0) is 6.54 Å². The zero-order valence-corrected chi connectivity index (χ0v) is 11.9. The Morgan fingerprint density at radius 3 is 2.90 bits per heavy atom. The number of anilines is 1. The second-order valence-electron chi connectivity index (χ2n) is 4.83. The van der Waals surface area contributed by atoms with Gasteiger partial charge < -0.3 is 11.1 Å². The van der Waals surface area contributed by atoms with E-state index >= 15 is 0 Å². The molecule has 5 heteroatoms. The topological polar surface area (TPSA) is 72.9 Å². The highest BCUT2D eigenvalue weighted by Crippen LogP contribution is 2.13. The van der Waals surface area contributed by atoms with Crippen molar-refractivity contribution >= 4 is 11.6 Å². The summed E-state index contributed by atoms with van der Waals surface area (Å²) in [6.45, 7) is 5.24. The van der Waals surface area contributed by atoms with Crippen LogP contribution in [0.5, 0.6) is 0 Å². The molecule has 0 fully saturated rings. The number of rotatable bonds is 5. The average Bonchev–Trinajstić information content (AvgIpc) is 2.78. The second-order valence-corrected chi connectivity index (χ2v) is 4.83. The van der Waals surface area contributed by atoms with E-state index in [1.807, 2.05) is 42.8 Å². The molecule has 1 aromatic carbocycles. The number of nitrogens with one attached hydrogen (secondary N) is 1. The molecule has 0 atom stereocenters. The SMILES string of the molecule is Cc1cccc(NC(=O)c2cnn(CCCN)c2C)c1. The van der Waals surface area contributed by atoms with Crippen LogP contribution in [0.25, 0.3) is 0 Å². The zero-order chi connectivity index (χ0) is 14.5. The van der Waals surface area contributed by atoms with Gasteiger partial charge in [-0.1, -0.05) is 12.1 Å². The van der Waals surface area contributed by atoms with Crippen molar-refractivity contribution in [2.24, 2.45) is 5.73 Å². The third-order valence-corrected chi connectivity index (χ3v) is 3.20. The average molecular weight is 272 g/mol. The van der Waals surface area contributed by atoms with Crippen LogP contribution in [0.1, 0.15) is 28.0 Å². The number of hydrogen-bond acceptors (Lipinski definition) is 3. The van der Waals surface area contributed by atoms with E-state index in [4.69, 9.17) is 5.73 Å². The number of carbonyl (C=O) groups excluding carboxylic acids is 1. The van der Waals surface area contributed by atoms with Crippen LogP contribution in [0, 0.1) is 13.8 Å². The molecule has 0 spiro atoms. The summed E-state index contributed by atoms with van der Waals surface area (Å²) in [6, 6.07) is 7.72. The Balaban J connectivity index is 2.11. The molecular weight excluding hydrogens is 252 g/mol. The number of aromatic nitrogens is 2. The summed E-state index contributed by atoms with van der Waals surface area (Å²) in [7, 11) is 0. The maximum absolute atomic E-state index is 12.2. The van der Waals surface area contributed by atoms with E-state index in [1.54, 1.807) is 6.20 Å². The van der Waals surface area contributed by atoms with Crippen LogP contribution in [0.2, 0.25) is 0 Å². The lowest BCUT2D eigenvalue weighted by atomic mass is 10.2. The second kappa shape index (κ2) is 6.34. The number of aryl methyl sites for hydroxylation is 2. The lowest BCUT2D eigenvalue weighted by molar-refractivity contribution is 0.102. The van der Waals surface area contributed by atoms with Gasteiger partial charge >= 0.3 is 0 Å². The summed E-state index contributed by atoms with van der Waals surface area (Å²) in [5.74, 6) is -0.132. The standard InChI is InChI=1S/C15H20N4O/c1-11-5-3-6-13(9-11)18-15(20)14-10-17-19(12(14)2)8-4-7-16/h3,5-6,9-10H,4,7-8,16H2,1-2H3,(H,18,20). The fraction of sp³-hybridized carbons (Fsp3) is 0.333. The Hall–Kier alpha value is -2.14. The largest absolute Gasteiger partial charge is 0.330 e. The molecule has 0 aliphatic heterocycles. The van der Waals surface area contributed by atoms with Crippen molar-refractivity contribution in [1.29, 1.82) is 0 Å². The highest BCUT2D eigenvalue weighted by atomic mass is 16.1. The van der Waals surface area contributed by atoms with E-state index in [1.165, 1.54) is 0 Å². The Morgan fingerprint density at radius 2 is 2.20 bits per heavy atom. The monoisotopic (exact) mass is 272 g/mol. The molecule has 20 heavy (non-hydrogen) atoms. The Labute approximate surface area is 118 Å². The molecule has 0 bridgehead atoms. The van der Waals surface area contributed by atoms with Crippen molar-refractivity contribution in [2.45, 2.75) is 26.8 Å². The van der Waals surface area contributed by atoms with Crippen molar-refractivity contribution in [2.75, 3.05) is 11.9 Å². The molecule has 0 aliphatic carbocycles. The minimum atomic E-state index is -0.132. The Morgan fingerprint density at radius 1 is 1.40 bits per heavy atom. The molecule has 0 aliphatic rings. The molecule has 3 N–H and O–H groups in total. The van der Waals surface area contributed by atoms with Gasteiger partial charge in [0, 0.05) is 17.9 Å². The van der Waals surface area contributed by atoms with E-state index in [0.29, 0.717) is 12.1 Å². The summed E-state index contributed by atoms with van der Waals surface area (Å²) < 4.78 is 1.82. The first-order valence-electron chi connectivity index (χ1n) is 6.72. The van der Waals surface area contributed by atoms with Gasteiger partial charge in [-0.3, -0.25) is 9.48 Å². The number of hydrogen-bond donors (Lipinski definition) is 2. The van der Waals surface area contributed by atoms with Crippen molar-refractivity contribution in [3.63, 3.8) is 0 Å². The van der Waals surface area contributed by atoms with Gasteiger partial charge in [0.05, 0.1) is 11.8 Å². The van der Waals surface area contributed by atoms with Crippen molar-refractivity contribution in [3.8, 4) is 0 Å². The minimum Gasteiger partial charge on any atom is -0.330 e. The van der Waals surface area contributed by atoms with Gasteiger partial charge in [0.25, 0.3) is 5.91 Å². The first-order chi connectivity index (χ1) is 9.61. The molecule has 0 unspecified atom stereocenters. The van der Waals surface area contributed by atoms with Crippen molar-refractivity contribution in [3.05, 3.63) is 47.3 Å². The van der Waals surface area contributed by atoms with E-state index in [-0.39, 0.29) is 5.91 Å². The maximum Gasteiger partial charge on any atom is 0.259 e. The third-order valence-electron chi connectivity index (χ3n) is 3.20. The number of benzene rings is 1. The maximum atomic E-state index is 12.2. The zero-order valence-electron chi connectivity index (χ0n) is 11.9. The molecule has 2 aromatic rings. The first-order valence-corrected chi connectivity index (χ1v) is 6.72. The molecule has 1 amide bonds. The predicted octanol–water partition coefficient (Wildman–Crippen LogP) is 2.10. The normalized spacial score (nSPS) is 10.6. The Kier molecular flexibility index (Phi) is 4.53. The third kappa shape index (κ3) is 3.24. The Bertz CT molecular complexity index is 604. The summed E-state index contributed by atoms with van der Waals surface area (Å²) in [6.07, 6.45) is 2.46. The van der Waals surface area contributed by atoms with Crippen LogP contribution in [-0.4, -0.2) is 22.2 Å². The highest BCUT2D eigenvalue weighted by Gasteiger charge is 2.14. The van der Waals surface area contributed by atoms with Gasteiger partial charge in [0.2, 0.25) is 0 Å². The molecule has 1 aromatic heterocycles. The van der Waals surface area contributed by atoms with Gasteiger partial charge in [-0.2, -0.15) is 5.10 Å². The van der Waals surface area contributed by atoms with Gasteiger partial charge in [0.15, 0.2) is 0 Å². The van der Waals surface area contributed by atoms with Gasteiger partial charge in [-0.05, 0) is 44.5 Å². The van der Waals surface area contributed by atoms with E-state index < -0.39 is 0 Å². The minimum absolute atomic E-state index is 0.132. The lowest BCUT2D eigenvalue weighted by Crippen LogP contribution is -2.14. The fourth-order valence-electron chi connectivity index (χ4n) is 2.06. The van der Waals surface area contributed by atoms with Gasteiger partial charge in [0.1, 0.15) is 0 Å². The molecule has 106 valence electrons. The molecule has 0 saturated heterocycles. The van der Waals surface area contributed by atoms with E-state index in [2.05, 4.69) is 10.4 Å². The van der Waals surface area contributed by atoms with Crippen LogP contribution >= 0.6 is 0 Å². The predicted molar refractivity (Wildman–Crippen MR) is 79.8 cm³/mol. The van der Waals surface area contributed by atoms with Gasteiger partial charge in [-0.25, -0.2) is 0 Å². The summed E-state index contributed by atoms with van der Waals surface area (Å²) in [4.78, 5) is 12.2. The van der Waals surface area contributed by atoms with Crippen LogP contribution in [0.3, 0.4) is 0 Å². The van der Waals surface area contributed by atoms with Crippen LogP contribution < -0.4 is 11.1 Å². The number of nitrogens with zero attached hydrogens (tertiary/aromatic N) is 2. The first kappa shape index (κ1) is 14.3. The number of amides is 1. The fourth-order valence-corrected chi connectivity index (χ4v) is 2.06. The molecule has 2 rings (SSSR count). The smallest absolute Gasteiger partial charge is 0.259 e. The molecular formula is C15H20N4O.